The summed E-state index contributed by atoms with van der Waals surface area (Å²) in [4.78, 5) is 10.4. The van der Waals surface area contributed by atoms with E-state index in [0.717, 1.165) is 24.8 Å². The molecule has 2 nitrogen and oxygen atoms in total. The molecule has 0 saturated heterocycles. The first-order valence-electron chi connectivity index (χ1n) is 5.63. The summed E-state index contributed by atoms with van der Waals surface area (Å²) in [5, 5.41) is 8.58. The average Bonchev–Trinajstić information content (AvgIpc) is 2.15. The summed E-state index contributed by atoms with van der Waals surface area (Å²) < 4.78 is 0. The Morgan fingerprint density at radius 1 is 1.14 bits per heavy atom. The fourth-order valence-electron chi connectivity index (χ4n) is 1.48. The van der Waals surface area contributed by atoms with E-state index in [-0.39, 0.29) is 0 Å². The molecule has 0 aliphatic rings. The molecule has 0 aliphatic carbocycles. The van der Waals surface area contributed by atoms with Crippen molar-refractivity contribution in [2.45, 2.75) is 58.8 Å². The highest BCUT2D eigenvalue weighted by molar-refractivity contribution is 5.80. The number of aliphatic carboxylic acids is 1. The zero-order chi connectivity index (χ0) is 10.8. The summed E-state index contributed by atoms with van der Waals surface area (Å²) in [6, 6.07) is 0. The summed E-state index contributed by atoms with van der Waals surface area (Å²) in [5.41, 5.74) is 1.06. The number of rotatable bonds is 8. The van der Waals surface area contributed by atoms with E-state index in [2.05, 4.69) is 6.92 Å². The van der Waals surface area contributed by atoms with E-state index >= 15 is 0 Å². The van der Waals surface area contributed by atoms with Gasteiger partial charge in [0.25, 0.3) is 0 Å². The summed E-state index contributed by atoms with van der Waals surface area (Å²) in [6.45, 7) is 4.21. The highest BCUT2D eigenvalue weighted by Crippen LogP contribution is 2.13. The Balaban J connectivity index is 3.58. The predicted molar refractivity (Wildman–Crippen MR) is 59.4 cm³/mol. The molecule has 0 atom stereocenters. The third-order valence-electron chi connectivity index (χ3n) is 2.38. The first-order valence-corrected chi connectivity index (χ1v) is 5.63. The summed E-state index contributed by atoms with van der Waals surface area (Å²) in [5.74, 6) is -0.810. The van der Waals surface area contributed by atoms with Crippen LogP contribution < -0.4 is 0 Å². The minimum atomic E-state index is -0.810. The third kappa shape index (κ3) is 7.84. The lowest BCUT2D eigenvalue weighted by atomic mass is 10.0. The second-order valence-corrected chi connectivity index (χ2v) is 3.66. The quantitative estimate of drug-likeness (QED) is 0.476. The van der Waals surface area contributed by atoms with Crippen LogP contribution >= 0.6 is 0 Å². The molecule has 0 bridgehead atoms. The number of carboxylic acids is 1. The van der Waals surface area contributed by atoms with Crippen molar-refractivity contribution in [3.63, 3.8) is 0 Å². The molecule has 0 radical (unpaired) electrons. The fourth-order valence-corrected chi connectivity index (χ4v) is 1.48. The molecule has 0 aromatic carbocycles. The van der Waals surface area contributed by atoms with Gasteiger partial charge in [-0.25, -0.2) is 4.79 Å². The van der Waals surface area contributed by atoms with Gasteiger partial charge in [0.05, 0.1) is 0 Å². The van der Waals surface area contributed by atoms with Crippen molar-refractivity contribution in [1.29, 1.82) is 0 Å². The largest absolute Gasteiger partial charge is 0.478 e. The zero-order valence-electron chi connectivity index (χ0n) is 9.38. The molecule has 0 spiro atoms. The van der Waals surface area contributed by atoms with Crippen molar-refractivity contribution in [2.75, 3.05) is 0 Å². The van der Waals surface area contributed by atoms with Crippen molar-refractivity contribution in [3.05, 3.63) is 11.6 Å². The van der Waals surface area contributed by atoms with Crippen LogP contribution in [0.25, 0.3) is 0 Å². The predicted octanol–water partition coefficient (Wildman–Crippen LogP) is 3.77. The zero-order valence-corrected chi connectivity index (χ0v) is 9.38. The van der Waals surface area contributed by atoms with Crippen molar-refractivity contribution < 1.29 is 9.90 Å². The maximum atomic E-state index is 10.4. The smallest absolute Gasteiger partial charge is 0.328 e. The first-order chi connectivity index (χ1) is 6.70. The van der Waals surface area contributed by atoms with Gasteiger partial charge in [0.2, 0.25) is 0 Å². The molecular weight excluding hydrogens is 176 g/mol. The molecule has 0 unspecified atom stereocenters. The number of hydrogen-bond donors (Lipinski definition) is 1. The summed E-state index contributed by atoms with van der Waals surface area (Å²) in [6.07, 6.45) is 9.36. The van der Waals surface area contributed by atoms with Gasteiger partial charge in [-0.2, -0.15) is 0 Å². The Morgan fingerprint density at radius 2 is 1.79 bits per heavy atom. The van der Waals surface area contributed by atoms with Gasteiger partial charge in [-0.1, -0.05) is 45.1 Å². The van der Waals surface area contributed by atoms with Gasteiger partial charge in [0.1, 0.15) is 0 Å². The Morgan fingerprint density at radius 3 is 2.29 bits per heavy atom. The lowest BCUT2D eigenvalue weighted by Gasteiger charge is -2.03. The molecule has 0 rings (SSSR count). The second kappa shape index (κ2) is 8.79. The molecule has 0 amide bonds. The highest BCUT2D eigenvalue weighted by atomic mass is 16.4. The van der Waals surface area contributed by atoms with Crippen LogP contribution in [0.3, 0.4) is 0 Å². The molecular formula is C12H22O2. The molecule has 0 aromatic rings. The van der Waals surface area contributed by atoms with Crippen LogP contribution in [0.4, 0.5) is 0 Å². The standard InChI is InChI=1S/C12H22O2/c1-3-5-6-7-8-9-11(4-2)10-12(13)14/h10H,3-9H2,1-2H3,(H,13,14)/b11-10+. The van der Waals surface area contributed by atoms with E-state index in [0.29, 0.717) is 0 Å². The summed E-state index contributed by atoms with van der Waals surface area (Å²) in [7, 11) is 0. The summed E-state index contributed by atoms with van der Waals surface area (Å²) >= 11 is 0. The van der Waals surface area contributed by atoms with Crippen LogP contribution in [0.2, 0.25) is 0 Å². The number of hydrogen-bond acceptors (Lipinski definition) is 1. The number of carboxylic acid groups (broad SMARTS) is 1. The number of allylic oxidation sites excluding steroid dienone is 1. The van der Waals surface area contributed by atoms with Crippen LogP contribution in [0.15, 0.2) is 11.6 Å². The monoisotopic (exact) mass is 198 g/mol. The van der Waals surface area contributed by atoms with Crippen molar-refractivity contribution in [2.24, 2.45) is 0 Å². The number of carbonyl (C=O) groups is 1. The van der Waals surface area contributed by atoms with Crippen LogP contribution in [0.1, 0.15) is 58.8 Å². The highest BCUT2D eigenvalue weighted by Gasteiger charge is 1.98. The molecule has 0 saturated carbocycles. The lowest BCUT2D eigenvalue weighted by Crippen LogP contribution is -1.92. The fraction of sp³-hybridized carbons (Fsp3) is 0.750. The van der Waals surface area contributed by atoms with E-state index < -0.39 is 5.97 Å². The van der Waals surface area contributed by atoms with Crippen molar-refractivity contribution in [3.8, 4) is 0 Å². The van der Waals surface area contributed by atoms with E-state index in [4.69, 9.17) is 5.11 Å². The molecule has 0 aliphatic heterocycles. The third-order valence-corrected chi connectivity index (χ3v) is 2.38. The number of unbranched alkanes of at least 4 members (excludes halogenated alkanes) is 4. The van der Waals surface area contributed by atoms with Gasteiger partial charge in [0, 0.05) is 6.08 Å². The SMILES string of the molecule is CCCCCCC/C(=C/C(=O)O)CC. The van der Waals surface area contributed by atoms with Gasteiger partial charge in [-0.15, -0.1) is 0 Å². The second-order valence-electron chi connectivity index (χ2n) is 3.66. The van der Waals surface area contributed by atoms with Crippen LogP contribution in [-0.4, -0.2) is 11.1 Å². The van der Waals surface area contributed by atoms with E-state index in [1.165, 1.54) is 31.8 Å². The maximum Gasteiger partial charge on any atom is 0.328 e. The van der Waals surface area contributed by atoms with Crippen LogP contribution in [-0.2, 0) is 4.79 Å². The first kappa shape index (κ1) is 13.2. The Hall–Kier alpha value is -0.790. The van der Waals surface area contributed by atoms with Gasteiger partial charge in [-0.05, 0) is 19.3 Å². The molecule has 1 N–H and O–H groups in total. The van der Waals surface area contributed by atoms with Gasteiger partial charge < -0.3 is 5.11 Å². The minimum absolute atomic E-state index is 0.810. The van der Waals surface area contributed by atoms with Gasteiger partial charge in [-0.3, -0.25) is 0 Å². The maximum absolute atomic E-state index is 10.4. The van der Waals surface area contributed by atoms with Gasteiger partial charge >= 0.3 is 5.97 Å². The Kier molecular flexibility index (Phi) is 8.30. The molecule has 0 heterocycles. The molecule has 0 aromatic heterocycles. The van der Waals surface area contributed by atoms with E-state index in [9.17, 15) is 4.79 Å². The van der Waals surface area contributed by atoms with Crippen LogP contribution in [0, 0.1) is 0 Å². The molecule has 0 fully saturated rings. The lowest BCUT2D eigenvalue weighted by molar-refractivity contribution is -0.131. The topological polar surface area (TPSA) is 37.3 Å². The molecule has 14 heavy (non-hydrogen) atoms. The Labute approximate surface area is 87.0 Å². The average molecular weight is 198 g/mol. The van der Waals surface area contributed by atoms with E-state index in [1.54, 1.807) is 0 Å². The van der Waals surface area contributed by atoms with Crippen molar-refractivity contribution in [1.82, 2.24) is 0 Å². The normalized spacial score (nSPS) is 11.7. The van der Waals surface area contributed by atoms with Gasteiger partial charge in [0.15, 0.2) is 0 Å². The Bertz CT molecular complexity index is 183. The molecule has 2 heteroatoms. The van der Waals surface area contributed by atoms with E-state index in [1.807, 2.05) is 6.92 Å². The molecule has 82 valence electrons. The minimum Gasteiger partial charge on any atom is -0.478 e. The van der Waals surface area contributed by atoms with Crippen molar-refractivity contribution >= 4 is 5.97 Å². The van der Waals surface area contributed by atoms with Crippen LogP contribution in [0.5, 0.6) is 0 Å².